The summed E-state index contributed by atoms with van der Waals surface area (Å²) in [5.74, 6) is 5.10. The Hall–Kier alpha value is -3.18. The molecule has 7 nitrogen and oxygen atoms in total. The summed E-state index contributed by atoms with van der Waals surface area (Å²) in [5.41, 5.74) is 5.77. The van der Waals surface area contributed by atoms with Gasteiger partial charge in [-0.05, 0) is 20.2 Å². The molecule has 0 bridgehead atoms. The van der Waals surface area contributed by atoms with Crippen molar-refractivity contribution in [1.29, 1.82) is 0 Å². The Bertz CT molecular complexity index is 828. The largest absolute Gasteiger partial charge is 0.453 e. The average Bonchev–Trinajstić information content (AvgIpc) is 2.51. The highest BCUT2D eigenvalue weighted by molar-refractivity contribution is 5.59. The predicted octanol–water partition coefficient (Wildman–Crippen LogP) is 2.42. The van der Waals surface area contributed by atoms with E-state index in [1.165, 1.54) is 18.3 Å². The second-order valence-corrected chi connectivity index (χ2v) is 5.08. The standard InChI is InChI=1S/C16H15FN4O3/c1-20(2)9-3-4-12-14(7-8-19-16(12)18)24-15-6-5-11(21(22)23)10-13(15)17/h5-8,10H,9H2,1-2H3,(H2,18,19). The molecule has 0 saturated heterocycles. The zero-order valence-corrected chi connectivity index (χ0v) is 13.1. The smallest absolute Gasteiger partial charge is 0.272 e. The number of ether oxygens (including phenoxy) is 1. The van der Waals surface area contributed by atoms with Crippen molar-refractivity contribution in [2.75, 3.05) is 26.4 Å². The fourth-order valence-corrected chi connectivity index (χ4v) is 1.76. The summed E-state index contributed by atoms with van der Waals surface area (Å²) in [4.78, 5) is 15.8. The molecule has 8 heteroatoms. The summed E-state index contributed by atoms with van der Waals surface area (Å²) in [5, 5.41) is 10.6. The molecular weight excluding hydrogens is 315 g/mol. The zero-order chi connectivity index (χ0) is 17.7. The third-order valence-electron chi connectivity index (χ3n) is 2.90. The van der Waals surface area contributed by atoms with Crippen LogP contribution >= 0.6 is 0 Å². The van der Waals surface area contributed by atoms with Crippen LogP contribution < -0.4 is 10.5 Å². The minimum absolute atomic E-state index is 0.154. The second-order valence-electron chi connectivity index (χ2n) is 5.08. The van der Waals surface area contributed by atoms with Crippen LogP contribution in [0.4, 0.5) is 15.9 Å². The highest BCUT2D eigenvalue weighted by atomic mass is 19.1. The number of rotatable bonds is 4. The van der Waals surface area contributed by atoms with Gasteiger partial charge < -0.3 is 10.5 Å². The van der Waals surface area contributed by atoms with E-state index in [0.29, 0.717) is 12.1 Å². The zero-order valence-electron chi connectivity index (χ0n) is 13.1. The number of anilines is 1. The normalized spacial score (nSPS) is 10.2. The molecule has 1 aromatic heterocycles. The summed E-state index contributed by atoms with van der Waals surface area (Å²) in [7, 11) is 3.73. The van der Waals surface area contributed by atoms with E-state index in [-0.39, 0.29) is 23.0 Å². The van der Waals surface area contributed by atoms with Crippen LogP contribution in [0.2, 0.25) is 0 Å². The van der Waals surface area contributed by atoms with E-state index in [4.69, 9.17) is 10.5 Å². The average molecular weight is 330 g/mol. The first kappa shape index (κ1) is 17.2. The number of nitrogens with two attached hydrogens (primary N) is 1. The number of pyridine rings is 1. The number of aromatic nitrogens is 1. The fourth-order valence-electron chi connectivity index (χ4n) is 1.76. The number of nitro groups is 1. The number of non-ortho nitro benzene ring substituents is 1. The number of hydrogen-bond acceptors (Lipinski definition) is 6. The van der Waals surface area contributed by atoms with Crippen LogP contribution in [0.3, 0.4) is 0 Å². The Kier molecular flexibility index (Phi) is 5.29. The van der Waals surface area contributed by atoms with Gasteiger partial charge in [0.05, 0.1) is 17.5 Å². The lowest BCUT2D eigenvalue weighted by atomic mass is 10.2. The summed E-state index contributed by atoms with van der Waals surface area (Å²) in [6.07, 6.45) is 1.41. The summed E-state index contributed by atoms with van der Waals surface area (Å²) < 4.78 is 19.4. The molecule has 0 radical (unpaired) electrons. The SMILES string of the molecule is CN(C)CC#Cc1c(Oc2ccc([N+](=O)[O-])cc2F)ccnc1N. The number of nitrogens with zero attached hydrogens (tertiary/aromatic N) is 3. The van der Waals surface area contributed by atoms with Crippen molar-refractivity contribution in [2.24, 2.45) is 0 Å². The first-order valence-corrected chi connectivity index (χ1v) is 6.88. The maximum Gasteiger partial charge on any atom is 0.272 e. The molecule has 2 aromatic rings. The second kappa shape index (κ2) is 7.39. The minimum Gasteiger partial charge on any atom is -0.453 e. The van der Waals surface area contributed by atoms with E-state index in [2.05, 4.69) is 16.8 Å². The molecule has 2 N–H and O–H groups in total. The van der Waals surface area contributed by atoms with Crippen molar-refractivity contribution in [3.63, 3.8) is 0 Å². The Balaban J connectivity index is 2.34. The molecule has 0 aliphatic carbocycles. The number of nitro benzene ring substituents is 1. The number of hydrogen-bond donors (Lipinski definition) is 1. The van der Waals surface area contributed by atoms with Crippen molar-refractivity contribution in [3.05, 3.63) is 52.0 Å². The van der Waals surface area contributed by atoms with Crippen LogP contribution in [-0.2, 0) is 0 Å². The number of halogens is 1. The third kappa shape index (κ3) is 4.18. The fraction of sp³-hybridized carbons (Fsp3) is 0.188. The predicted molar refractivity (Wildman–Crippen MR) is 87.2 cm³/mol. The molecule has 0 aliphatic heterocycles. The first-order valence-electron chi connectivity index (χ1n) is 6.88. The topological polar surface area (TPSA) is 94.5 Å². The van der Waals surface area contributed by atoms with Gasteiger partial charge in [0.2, 0.25) is 0 Å². The van der Waals surface area contributed by atoms with Crippen molar-refractivity contribution in [1.82, 2.24) is 9.88 Å². The molecule has 1 heterocycles. The van der Waals surface area contributed by atoms with E-state index < -0.39 is 10.7 Å². The van der Waals surface area contributed by atoms with Crippen molar-refractivity contribution < 1.29 is 14.1 Å². The van der Waals surface area contributed by atoms with Crippen LogP contribution in [-0.4, -0.2) is 35.4 Å². The van der Waals surface area contributed by atoms with E-state index in [9.17, 15) is 14.5 Å². The summed E-state index contributed by atoms with van der Waals surface area (Å²) in [6, 6.07) is 4.62. The molecule has 0 fully saturated rings. The molecule has 124 valence electrons. The lowest BCUT2D eigenvalue weighted by molar-refractivity contribution is -0.385. The molecule has 0 aliphatic rings. The molecule has 0 spiro atoms. The lowest BCUT2D eigenvalue weighted by Gasteiger charge is -2.10. The van der Waals surface area contributed by atoms with Crippen LogP contribution in [0.5, 0.6) is 11.5 Å². The van der Waals surface area contributed by atoms with Crippen molar-refractivity contribution in [3.8, 4) is 23.3 Å². The van der Waals surface area contributed by atoms with Gasteiger partial charge in [0.1, 0.15) is 17.1 Å². The van der Waals surface area contributed by atoms with Gasteiger partial charge in [-0.2, -0.15) is 0 Å². The van der Waals surface area contributed by atoms with E-state index in [1.54, 1.807) is 0 Å². The summed E-state index contributed by atoms with van der Waals surface area (Å²) in [6.45, 7) is 0.500. The quantitative estimate of drug-likeness (QED) is 0.525. The van der Waals surface area contributed by atoms with Crippen LogP contribution in [0, 0.1) is 27.8 Å². The maximum atomic E-state index is 14.0. The van der Waals surface area contributed by atoms with E-state index in [0.717, 1.165) is 12.1 Å². The van der Waals surface area contributed by atoms with Crippen molar-refractivity contribution in [2.45, 2.75) is 0 Å². The van der Waals surface area contributed by atoms with Crippen molar-refractivity contribution >= 4 is 11.5 Å². The highest BCUT2D eigenvalue weighted by Gasteiger charge is 2.14. The van der Waals surface area contributed by atoms with Gasteiger partial charge >= 0.3 is 0 Å². The molecule has 2 rings (SSSR count). The van der Waals surface area contributed by atoms with Gasteiger partial charge in [0, 0.05) is 18.3 Å². The summed E-state index contributed by atoms with van der Waals surface area (Å²) >= 11 is 0. The lowest BCUT2D eigenvalue weighted by Crippen LogP contribution is -2.11. The Labute approximate surface area is 138 Å². The molecular formula is C16H15FN4O3. The molecule has 0 amide bonds. The highest BCUT2D eigenvalue weighted by Crippen LogP contribution is 2.30. The van der Waals surface area contributed by atoms with Gasteiger partial charge in [-0.3, -0.25) is 15.0 Å². The third-order valence-corrected chi connectivity index (χ3v) is 2.90. The molecule has 24 heavy (non-hydrogen) atoms. The molecule has 0 unspecified atom stereocenters. The Morgan fingerprint density at radius 2 is 2.12 bits per heavy atom. The Morgan fingerprint density at radius 1 is 1.38 bits per heavy atom. The van der Waals surface area contributed by atoms with Gasteiger partial charge in [-0.1, -0.05) is 11.8 Å². The monoisotopic (exact) mass is 330 g/mol. The first-order chi connectivity index (χ1) is 11.4. The molecule has 0 saturated carbocycles. The van der Waals surface area contributed by atoms with Gasteiger partial charge in [-0.15, -0.1) is 0 Å². The molecule has 0 atom stereocenters. The molecule has 1 aromatic carbocycles. The van der Waals surface area contributed by atoms with Gasteiger partial charge in [0.15, 0.2) is 11.6 Å². The maximum absolute atomic E-state index is 14.0. The van der Waals surface area contributed by atoms with Crippen LogP contribution in [0.25, 0.3) is 0 Å². The van der Waals surface area contributed by atoms with E-state index in [1.807, 2.05) is 19.0 Å². The number of benzene rings is 1. The van der Waals surface area contributed by atoms with Gasteiger partial charge in [0.25, 0.3) is 5.69 Å². The van der Waals surface area contributed by atoms with E-state index >= 15 is 0 Å². The number of nitrogen functional groups attached to an aromatic ring is 1. The Morgan fingerprint density at radius 3 is 2.75 bits per heavy atom. The van der Waals surface area contributed by atoms with Crippen LogP contribution in [0.1, 0.15) is 5.56 Å². The van der Waals surface area contributed by atoms with Crippen LogP contribution in [0.15, 0.2) is 30.5 Å². The van der Waals surface area contributed by atoms with Gasteiger partial charge in [-0.25, -0.2) is 9.37 Å². The minimum atomic E-state index is -0.855.